The molecule has 0 aliphatic rings. The second kappa shape index (κ2) is 5.71. The van der Waals surface area contributed by atoms with Crippen molar-refractivity contribution in [3.8, 4) is 0 Å². The number of hydrogen-bond donors (Lipinski definition) is 3. The van der Waals surface area contributed by atoms with Gasteiger partial charge >= 0.3 is 0 Å². The average Bonchev–Trinajstić information content (AvgIpc) is 2.84. The Morgan fingerprint density at radius 2 is 2.05 bits per heavy atom. The summed E-state index contributed by atoms with van der Waals surface area (Å²) in [6.45, 7) is 2.38. The Morgan fingerprint density at radius 1 is 1.29 bits per heavy atom. The van der Waals surface area contributed by atoms with Gasteiger partial charge in [-0.1, -0.05) is 30.3 Å². The van der Waals surface area contributed by atoms with Crippen molar-refractivity contribution in [1.82, 2.24) is 4.98 Å². The molecule has 0 fully saturated rings. The zero-order chi connectivity index (χ0) is 14.8. The van der Waals surface area contributed by atoms with E-state index >= 15 is 0 Å². The van der Waals surface area contributed by atoms with Gasteiger partial charge in [-0.2, -0.15) is 0 Å². The molecule has 0 amide bonds. The summed E-state index contributed by atoms with van der Waals surface area (Å²) in [6.07, 6.45) is -0.571. The van der Waals surface area contributed by atoms with Gasteiger partial charge in [0, 0.05) is 6.54 Å². The second-order valence-corrected chi connectivity index (χ2v) is 6.18. The molecular weight excluding hydrogens is 282 g/mol. The number of nitrogens with one attached hydrogen (secondary N) is 1. The number of thiazole rings is 1. The van der Waals surface area contributed by atoms with Crippen LogP contribution < -0.4 is 11.1 Å². The minimum atomic E-state index is -0.571. The van der Waals surface area contributed by atoms with E-state index < -0.39 is 6.10 Å². The van der Waals surface area contributed by atoms with Crippen LogP contribution in [0, 0.1) is 6.92 Å². The Labute approximate surface area is 127 Å². The third-order valence-corrected chi connectivity index (χ3v) is 4.27. The predicted octanol–water partition coefficient (Wildman–Crippen LogP) is 3.33. The van der Waals surface area contributed by atoms with E-state index in [9.17, 15) is 5.11 Å². The molecular formula is C16H17N3OS. The molecule has 108 valence electrons. The zero-order valence-corrected chi connectivity index (χ0v) is 12.5. The van der Waals surface area contributed by atoms with Crippen LogP contribution in [0.1, 0.15) is 16.7 Å². The zero-order valence-electron chi connectivity index (χ0n) is 11.7. The highest BCUT2D eigenvalue weighted by molar-refractivity contribution is 7.18. The first kappa shape index (κ1) is 13.9. The number of aryl methyl sites for hydroxylation is 1. The number of rotatable bonds is 4. The lowest BCUT2D eigenvalue weighted by atomic mass is 10.1. The first-order valence-electron chi connectivity index (χ1n) is 6.77. The fourth-order valence-corrected chi connectivity index (χ4v) is 3.11. The lowest BCUT2D eigenvalue weighted by Crippen LogP contribution is -2.13. The van der Waals surface area contributed by atoms with Gasteiger partial charge in [0.2, 0.25) is 0 Å². The SMILES string of the molecule is Cc1nc2cc(NCC(O)c3ccccc3)c(N)cc2s1. The Balaban J connectivity index is 1.77. The van der Waals surface area contributed by atoms with Gasteiger partial charge in [0.1, 0.15) is 0 Å². The molecule has 1 atom stereocenters. The van der Waals surface area contributed by atoms with Gasteiger partial charge in [-0.3, -0.25) is 0 Å². The molecule has 0 bridgehead atoms. The monoisotopic (exact) mass is 299 g/mol. The minimum absolute atomic E-state index is 0.406. The van der Waals surface area contributed by atoms with Gasteiger partial charge in [0.15, 0.2) is 0 Å². The quantitative estimate of drug-likeness (QED) is 0.646. The van der Waals surface area contributed by atoms with E-state index in [1.54, 1.807) is 11.3 Å². The molecule has 0 spiro atoms. The summed E-state index contributed by atoms with van der Waals surface area (Å²) in [7, 11) is 0. The topological polar surface area (TPSA) is 71.2 Å². The molecule has 1 aromatic heterocycles. The van der Waals surface area contributed by atoms with Gasteiger partial charge in [0.25, 0.3) is 0 Å². The summed E-state index contributed by atoms with van der Waals surface area (Å²) in [4.78, 5) is 4.46. The van der Waals surface area contributed by atoms with E-state index in [-0.39, 0.29) is 0 Å². The maximum absolute atomic E-state index is 10.2. The second-order valence-electron chi connectivity index (χ2n) is 4.95. The van der Waals surface area contributed by atoms with Gasteiger partial charge < -0.3 is 16.2 Å². The van der Waals surface area contributed by atoms with Gasteiger partial charge in [-0.05, 0) is 24.6 Å². The van der Waals surface area contributed by atoms with Crippen molar-refractivity contribution in [1.29, 1.82) is 0 Å². The summed E-state index contributed by atoms with van der Waals surface area (Å²) in [5.74, 6) is 0. The lowest BCUT2D eigenvalue weighted by Gasteiger charge is -2.14. The molecule has 0 radical (unpaired) electrons. The molecule has 3 rings (SSSR count). The van der Waals surface area contributed by atoms with Crippen LogP contribution in [0.2, 0.25) is 0 Å². The van der Waals surface area contributed by atoms with Gasteiger partial charge in [-0.25, -0.2) is 4.98 Å². The van der Waals surface area contributed by atoms with Crippen LogP contribution in [-0.2, 0) is 0 Å². The van der Waals surface area contributed by atoms with Crippen molar-refractivity contribution in [2.75, 3.05) is 17.6 Å². The Kier molecular flexibility index (Phi) is 3.77. The minimum Gasteiger partial charge on any atom is -0.397 e. The first-order valence-corrected chi connectivity index (χ1v) is 7.58. The van der Waals surface area contributed by atoms with Crippen LogP contribution in [0.3, 0.4) is 0 Å². The van der Waals surface area contributed by atoms with Crippen LogP contribution >= 0.6 is 11.3 Å². The number of nitrogens with zero attached hydrogens (tertiary/aromatic N) is 1. The lowest BCUT2D eigenvalue weighted by molar-refractivity contribution is 0.191. The van der Waals surface area contributed by atoms with Crippen LogP contribution in [-0.4, -0.2) is 16.6 Å². The van der Waals surface area contributed by atoms with E-state index in [4.69, 9.17) is 5.73 Å². The highest BCUT2D eigenvalue weighted by Crippen LogP contribution is 2.30. The molecule has 0 aliphatic heterocycles. The number of fused-ring (bicyclic) bond motifs is 1. The number of nitrogen functional groups attached to an aromatic ring is 1. The van der Waals surface area contributed by atoms with Gasteiger partial charge in [-0.15, -0.1) is 11.3 Å². The van der Waals surface area contributed by atoms with E-state index in [0.717, 1.165) is 26.5 Å². The van der Waals surface area contributed by atoms with Crippen molar-refractivity contribution >= 4 is 32.9 Å². The molecule has 2 aromatic carbocycles. The maximum Gasteiger partial charge on any atom is 0.0962 e. The highest BCUT2D eigenvalue weighted by atomic mass is 32.1. The maximum atomic E-state index is 10.2. The van der Waals surface area contributed by atoms with Crippen molar-refractivity contribution in [2.24, 2.45) is 0 Å². The molecule has 1 heterocycles. The standard InChI is InChI=1S/C16H17N3OS/c1-10-19-14-8-13(12(17)7-16(14)21-10)18-9-15(20)11-5-3-2-4-6-11/h2-8,15,18,20H,9,17H2,1H3. The largest absolute Gasteiger partial charge is 0.397 e. The molecule has 21 heavy (non-hydrogen) atoms. The fraction of sp³-hybridized carbons (Fsp3) is 0.188. The molecule has 0 saturated carbocycles. The van der Waals surface area contributed by atoms with E-state index in [0.29, 0.717) is 12.2 Å². The number of nitrogens with two attached hydrogens (primary N) is 1. The normalized spacial score (nSPS) is 12.5. The predicted molar refractivity (Wildman–Crippen MR) is 88.7 cm³/mol. The average molecular weight is 299 g/mol. The summed E-state index contributed by atoms with van der Waals surface area (Å²) < 4.78 is 1.08. The Bertz CT molecular complexity index is 755. The van der Waals surface area contributed by atoms with Crippen molar-refractivity contribution < 1.29 is 5.11 Å². The van der Waals surface area contributed by atoms with Crippen LogP contribution in [0.4, 0.5) is 11.4 Å². The number of aliphatic hydroxyl groups is 1. The Hall–Kier alpha value is -2.11. The summed E-state index contributed by atoms with van der Waals surface area (Å²) in [5, 5.41) is 14.4. The first-order chi connectivity index (χ1) is 10.1. The number of aromatic nitrogens is 1. The van der Waals surface area contributed by atoms with Gasteiger partial charge in [0.05, 0.1) is 32.7 Å². The molecule has 1 unspecified atom stereocenters. The van der Waals surface area contributed by atoms with E-state index in [1.807, 2.05) is 49.4 Å². The molecule has 0 aliphatic carbocycles. The number of hydrogen-bond acceptors (Lipinski definition) is 5. The molecule has 4 N–H and O–H groups in total. The van der Waals surface area contributed by atoms with E-state index in [2.05, 4.69) is 10.3 Å². The summed E-state index contributed by atoms with van der Waals surface area (Å²) in [5.41, 5.74) is 9.35. The van der Waals surface area contributed by atoms with Crippen LogP contribution in [0.5, 0.6) is 0 Å². The van der Waals surface area contributed by atoms with E-state index in [1.165, 1.54) is 0 Å². The summed E-state index contributed by atoms with van der Waals surface area (Å²) in [6, 6.07) is 13.4. The molecule has 0 saturated heterocycles. The number of benzene rings is 2. The van der Waals surface area contributed by atoms with Crippen LogP contribution in [0.25, 0.3) is 10.2 Å². The van der Waals surface area contributed by atoms with Crippen molar-refractivity contribution in [2.45, 2.75) is 13.0 Å². The van der Waals surface area contributed by atoms with Crippen molar-refractivity contribution in [3.05, 3.63) is 53.0 Å². The smallest absolute Gasteiger partial charge is 0.0962 e. The van der Waals surface area contributed by atoms with Crippen molar-refractivity contribution in [3.63, 3.8) is 0 Å². The summed E-state index contributed by atoms with van der Waals surface area (Å²) >= 11 is 1.63. The highest BCUT2D eigenvalue weighted by Gasteiger charge is 2.09. The fourth-order valence-electron chi connectivity index (χ4n) is 2.26. The molecule has 4 nitrogen and oxygen atoms in total. The molecule has 5 heteroatoms. The Morgan fingerprint density at radius 3 is 2.81 bits per heavy atom. The number of aliphatic hydroxyl groups excluding tert-OH is 1. The third-order valence-electron chi connectivity index (χ3n) is 3.34. The third kappa shape index (κ3) is 2.99. The van der Waals surface area contributed by atoms with Crippen LogP contribution in [0.15, 0.2) is 42.5 Å². The number of anilines is 2. The molecule has 3 aromatic rings.